The van der Waals surface area contributed by atoms with Crippen LogP contribution in [0.3, 0.4) is 0 Å². The fourth-order valence-corrected chi connectivity index (χ4v) is 13.8. The largest absolute Gasteiger partial charge is 0.0713 e. The molecule has 0 aromatic heterocycles. The molecule has 13 aromatic carbocycles. The van der Waals surface area contributed by atoms with Crippen LogP contribution in [0.4, 0.5) is 0 Å². The van der Waals surface area contributed by atoms with Gasteiger partial charge < -0.3 is 0 Å². The van der Waals surface area contributed by atoms with Crippen molar-refractivity contribution >= 4 is 32.3 Å². The van der Waals surface area contributed by atoms with Crippen molar-refractivity contribution < 1.29 is 0 Å². The average molecular weight is 937 g/mol. The van der Waals surface area contributed by atoms with Crippen LogP contribution in [0.2, 0.25) is 0 Å². The normalized spacial score (nSPS) is 13.6. The molecule has 0 N–H and O–H groups in total. The zero-order chi connectivity index (χ0) is 48.8. The number of hydrogen-bond donors (Lipinski definition) is 0. The molecule has 0 nitrogen and oxygen atoms in total. The Morgan fingerprint density at radius 2 is 0.486 bits per heavy atom. The molecular weight excluding hydrogens is 889 g/mol. The molecule has 0 spiro atoms. The van der Waals surface area contributed by atoms with Crippen molar-refractivity contribution in [3.05, 3.63) is 336 Å². The summed E-state index contributed by atoms with van der Waals surface area (Å²) in [5.41, 5.74) is 21.8. The van der Waals surface area contributed by atoms with Crippen LogP contribution >= 0.6 is 0 Å². The molecular formula is C74H48. The molecule has 0 aliphatic heterocycles. The van der Waals surface area contributed by atoms with Gasteiger partial charge in [-0.1, -0.05) is 285 Å². The Labute approximate surface area is 432 Å². The molecule has 74 heavy (non-hydrogen) atoms. The summed E-state index contributed by atoms with van der Waals surface area (Å²) in [5, 5.41) is 7.41. The molecule has 0 saturated carbocycles. The first-order valence-electron chi connectivity index (χ1n) is 25.9. The summed E-state index contributed by atoms with van der Waals surface area (Å²) >= 11 is 0. The standard InChI is InChI=1S/C74H48/c1-5-26-50(27-6-1)73(51-28-7-2-8-29-51)66-44-17-15-35-62(66)71-58(42-22-46-68(71)73)55-37-20-40-60-64(55)48-65-56(38-21-41-61(65)70(60)57-39-19-25-49-24-13-14-34-54(49)57)59-43-23-47-69-72(59)63-36-16-18-45-67(63)74(69,52-30-9-3-10-31-52)53-32-11-4-12-33-53/h1-48H. The fourth-order valence-electron chi connectivity index (χ4n) is 13.8. The molecule has 0 unspecified atom stereocenters. The number of fused-ring (bicyclic) bond motifs is 9. The minimum Gasteiger partial charge on any atom is -0.0622 e. The van der Waals surface area contributed by atoms with Gasteiger partial charge in [0, 0.05) is 0 Å². The van der Waals surface area contributed by atoms with Crippen molar-refractivity contribution in [2.75, 3.05) is 0 Å². The van der Waals surface area contributed by atoms with Gasteiger partial charge in [-0.25, -0.2) is 0 Å². The van der Waals surface area contributed by atoms with Crippen LogP contribution < -0.4 is 0 Å². The van der Waals surface area contributed by atoms with Crippen molar-refractivity contribution in [3.63, 3.8) is 0 Å². The van der Waals surface area contributed by atoms with E-state index in [0.717, 1.165) is 0 Å². The smallest absolute Gasteiger partial charge is 0.0622 e. The topological polar surface area (TPSA) is 0 Å². The summed E-state index contributed by atoms with van der Waals surface area (Å²) in [6.07, 6.45) is 0. The maximum Gasteiger partial charge on any atom is 0.0713 e. The van der Waals surface area contributed by atoms with Gasteiger partial charge in [0.15, 0.2) is 0 Å². The highest BCUT2D eigenvalue weighted by atomic mass is 14.5. The molecule has 2 aliphatic rings. The third-order valence-corrected chi connectivity index (χ3v) is 16.6. The van der Waals surface area contributed by atoms with Gasteiger partial charge in [0.05, 0.1) is 10.8 Å². The summed E-state index contributed by atoms with van der Waals surface area (Å²) in [7, 11) is 0. The van der Waals surface area contributed by atoms with E-state index in [9.17, 15) is 0 Å². The zero-order valence-corrected chi connectivity index (χ0v) is 40.7. The van der Waals surface area contributed by atoms with E-state index in [1.54, 1.807) is 0 Å². The van der Waals surface area contributed by atoms with Crippen LogP contribution in [0.5, 0.6) is 0 Å². The predicted molar refractivity (Wildman–Crippen MR) is 310 cm³/mol. The molecule has 344 valence electrons. The monoisotopic (exact) mass is 936 g/mol. The van der Waals surface area contributed by atoms with E-state index in [-0.39, 0.29) is 0 Å². The molecule has 0 radical (unpaired) electrons. The van der Waals surface area contributed by atoms with E-state index in [4.69, 9.17) is 0 Å². The van der Waals surface area contributed by atoms with Crippen LogP contribution in [0.1, 0.15) is 44.5 Å². The van der Waals surface area contributed by atoms with Crippen LogP contribution in [-0.4, -0.2) is 0 Å². The SMILES string of the molecule is c1ccc(C2(c3ccccc3)c3ccccc3-c3c(-c4cccc5c(-c6cccc7ccccc67)c6cccc(-c7cccc8c7-c7ccccc7C8(c7ccccc7)c7ccccc7)c6cc45)cccc32)cc1. The molecule has 2 aliphatic carbocycles. The predicted octanol–water partition coefficient (Wildman–Crippen LogP) is 18.9. The Morgan fingerprint density at radius 3 is 0.959 bits per heavy atom. The lowest BCUT2D eigenvalue weighted by Gasteiger charge is -2.34. The van der Waals surface area contributed by atoms with Gasteiger partial charge in [0.25, 0.3) is 0 Å². The van der Waals surface area contributed by atoms with Crippen molar-refractivity contribution in [2.24, 2.45) is 0 Å². The molecule has 0 heteroatoms. The number of rotatable bonds is 7. The zero-order valence-electron chi connectivity index (χ0n) is 40.7. The summed E-state index contributed by atoms with van der Waals surface area (Å²) < 4.78 is 0. The van der Waals surface area contributed by atoms with Gasteiger partial charge >= 0.3 is 0 Å². The Kier molecular flexibility index (Phi) is 9.50. The van der Waals surface area contributed by atoms with Crippen LogP contribution in [0.15, 0.2) is 291 Å². The maximum atomic E-state index is 2.54. The Bertz CT molecular complexity index is 4010. The van der Waals surface area contributed by atoms with E-state index < -0.39 is 10.8 Å². The first-order chi connectivity index (χ1) is 36.8. The van der Waals surface area contributed by atoms with Crippen LogP contribution in [0, 0.1) is 0 Å². The summed E-state index contributed by atoms with van der Waals surface area (Å²) in [6.45, 7) is 0. The summed E-state index contributed by atoms with van der Waals surface area (Å²) in [6, 6.07) is 109. The van der Waals surface area contributed by atoms with E-state index >= 15 is 0 Å². The second kappa shape index (κ2) is 16.6. The minimum absolute atomic E-state index is 0.512. The third kappa shape index (κ3) is 5.85. The van der Waals surface area contributed by atoms with Gasteiger partial charge in [-0.3, -0.25) is 0 Å². The van der Waals surface area contributed by atoms with Crippen molar-refractivity contribution in [1.29, 1.82) is 0 Å². The van der Waals surface area contributed by atoms with Gasteiger partial charge in [-0.15, -0.1) is 0 Å². The van der Waals surface area contributed by atoms with E-state index in [1.165, 1.54) is 132 Å². The van der Waals surface area contributed by atoms with E-state index in [1.807, 2.05) is 0 Å². The molecule has 0 fully saturated rings. The van der Waals surface area contributed by atoms with E-state index in [0.29, 0.717) is 0 Å². The lowest BCUT2D eigenvalue weighted by atomic mass is 9.67. The molecule has 15 rings (SSSR count). The van der Waals surface area contributed by atoms with Gasteiger partial charge in [-0.05, 0) is 139 Å². The molecule has 0 saturated heterocycles. The third-order valence-electron chi connectivity index (χ3n) is 16.6. The average Bonchev–Trinajstić information content (AvgIpc) is 4.01. The van der Waals surface area contributed by atoms with Gasteiger partial charge in [0.1, 0.15) is 0 Å². The van der Waals surface area contributed by atoms with Crippen molar-refractivity contribution in [2.45, 2.75) is 10.8 Å². The Hall–Kier alpha value is -9.36. The van der Waals surface area contributed by atoms with Gasteiger partial charge in [-0.2, -0.15) is 0 Å². The summed E-state index contributed by atoms with van der Waals surface area (Å²) in [5.74, 6) is 0. The second-order valence-electron chi connectivity index (χ2n) is 20.1. The van der Waals surface area contributed by atoms with Crippen LogP contribution in [-0.2, 0) is 10.8 Å². The second-order valence-corrected chi connectivity index (χ2v) is 20.1. The Morgan fingerprint density at radius 1 is 0.176 bits per heavy atom. The fraction of sp³-hybridized carbons (Fsp3) is 0.0270. The highest BCUT2D eigenvalue weighted by Crippen LogP contribution is 2.61. The molecule has 0 heterocycles. The minimum atomic E-state index is -0.512. The van der Waals surface area contributed by atoms with E-state index in [2.05, 4.69) is 291 Å². The lowest BCUT2D eigenvalue weighted by molar-refractivity contribution is 0.768. The Balaban J connectivity index is 1.06. The quantitative estimate of drug-likeness (QED) is 0.140. The molecule has 13 aromatic rings. The maximum absolute atomic E-state index is 2.54. The van der Waals surface area contributed by atoms with Crippen molar-refractivity contribution in [3.8, 4) is 55.6 Å². The lowest BCUT2D eigenvalue weighted by Crippen LogP contribution is -2.28. The molecule has 0 bridgehead atoms. The number of hydrogen-bond acceptors (Lipinski definition) is 0. The highest BCUT2D eigenvalue weighted by Gasteiger charge is 2.48. The first-order valence-corrected chi connectivity index (χ1v) is 25.9. The highest BCUT2D eigenvalue weighted by molar-refractivity contribution is 6.22. The van der Waals surface area contributed by atoms with Gasteiger partial charge in [0.2, 0.25) is 0 Å². The molecule has 0 amide bonds. The first kappa shape index (κ1) is 42.3. The summed E-state index contributed by atoms with van der Waals surface area (Å²) in [4.78, 5) is 0. The molecule has 0 atom stereocenters. The van der Waals surface area contributed by atoms with Crippen molar-refractivity contribution in [1.82, 2.24) is 0 Å². The van der Waals surface area contributed by atoms with Crippen LogP contribution in [0.25, 0.3) is 88.0 Å². The number of benzene rings is 13.